The van der Waals surface area contributed by atoms with Gasteiger partial charge in [-0.3, -0.25) is 9.59 Å². The Bertz CT molecular complexity index is 291. The van der Waals surface area contributed by atoms with Crippen LogP contribution in [0.3, 0.4) is 0 Å². The fraction of sp³-hybridized carbons (Fsp3) is 0.818. The van der Waals surface area contributed by atoms with E-state index in [0.29, 0.717) is 12.8 Å². The minimum Gasteiger partial charge on any atom is -0.465 e. The van der Waals surface area contributed by atoms with Crippen LogP contribution in [0.4, 0.5) is 0 Å². The second-order valence-electron chi connectivity index (χ2n) is 4.40. The zero-order valence-electron chi connectivity index (χ0n) is 9.86. The predicted octanol–water partition coefficient (Wildman–Crippen LogP) is -0.0366. The van der Waals surface area contributed by atoms with Gasteiger partial charge in [-0.25, -0.2) is 0 Å². The maximum atomic E-state index is 11.9. The summed E-state index contributed by atoms with van der Waals surface area (Å²) in [4.78, 5) is 23.6. The summed E-state index contributed by atoms with van der Waals surface area (Å²) in [5.74, 6) is -1.12. The number of carbonyl (C=O) groups excluding carboxylic acids is 2. The molecular weight excluding hydrogens is 208 g/mol. The van der Waals surface area contributed by atoms with Crippen LogP contribution >= 0.6 is 0 Å². The number of hydrogen-bond acceptors (Lipinski definition) is 5. The standard InChI is InChI=1S/C11H20N2O3/c1-3-16-10(15)11(13)6-4-5-8(11)9(14)7(2)12/h7-8H,3-6,12-13H2,1-2H3/t7-,8?,11?/m0/s1. The van der Waals surface area contributed by atoms with Gasteiger partial charge in [0.15, 0.2) is 5.78 Å². The van der Waals surface area contributed by atoms with Crippen molar-refractivity contribution in [1.29, 1.82) is 0 Å². The first-order chi connectivity index (χ1) is 7.43. The molecule has 0 saturated heterocycles. The highest BCUT2D eigenvalue weighted by molar-refractivity contribution is 5.94. The van der Waals surface area contributed by atoms with Gasteiger partial charge >= 0.3 is 5.97 Å². The Hall–Kier alpha value is -0.940. The van der Waals surface area contributed by atoms with E-state index in [2.05, 4.69) is 0 Å². The van der Waals surface area contributed by atoms with Gasteiger partial charge in [0.1, 0.15) is 5.54 Å². The maximum Gasteiger partial charge on any atom is 0.326 e. The number of ketones is 1. The average Bonchev–Trinajstić information content (AvgIpc) is 2.61. The molecule has 0 aliphatic heterocycles. The van der Waals surface area contributed by atoms with Crippen molar-refractivity contribution in [3.8, 4) is 0 Å². The SMILES string of the molecule is CCOC(=O)C1(N)CCCC1C(=O)[C@H](C)N. The molecule has 0 heterocycles. The first-order valence-corrected chi connectivity index (χ1v) is 5.69. The van der Waals surface area contributed by atoms with Gasteiger partial charge in [-0.05, 0) is 26.7 Å². The molecule has 1 rings (SSSR count). The van der Waals surface area contributed by atoms with Gasteiger partial charge in [-0.2, -0.15) is 0 Å². The van der Waals surface area contributed by atoms with Crippen molar-refractivity contribution in [2.75, 3.05) is 6.61 Å². The van der Waals surface area contributed by atoms with Crippen LogP contribution in [-0.4, -0.2) is 29.9 Å². The van der Waals surface area contributed by atoms with Crippen LogP contribution in [0.2, 0.25) is 0 Å². The highest BCUT2D eigenvalue weighted by Gasteiger charge is 2.50. The Labute approximate surface area is 95.5 Å². The van der Waals surface area contributed by atoms with Gasteiger partial charge in [0, 0.05) is 5.92 Å². The molecule has 1 saturated carbocycles. The lowest BCUT2D eigenvalue weighted by Gasteiger charge is -2.28. The Morgan fingerprint density at radius 1 is 1.56 bits per heavy atom. The van der Waals surface area contributed by atoms with Gasteiger partial charge in [-0.15, -0.1) is 0 Å². The fourth-order valence-electron chi connectivity index (χ4n) is 2.25. The van der Waals surface area contributed by atoms with Gasteiger partial charge in [0.05, 0.1) is 12.6 Å². The first kappa shape index (κ1) is 13.1. The van der Waals surface area contributed by atoms with Gasteiger partial charge in [0.25, 0.3) is 0 Å². The smallest absolute Gasteiger partial charge is 0.326 e. The molecule has 0 spiro atoms. The largest absolute Gasteiger partial charge is 0.465 e. The molecule has 1 aliphatic carbocycles. The molecule has 4 N–H and O–H groups in total. The lowest BCUT2D eigenvalue weighted by molar-refractivity contribution is -0.153. The third-order valence-corrected chi connectivity index (χ3v) is 3.15. The topological polar surface area (TPSA) is 95.4 Å². The molecule has 0 aromatic carbocycles. The van der Waals surface area contributed by atoms with E-state index in [9.17, 15) is 9.59 Å². The predicted molar refractivity (Wildman–Crippen MR) is 59.5 cm³/mol. The van der Waals surface area contributed by atoms with Crippen molar-refractivity contribution in [1.82, 2.24) is 0 Å². The van der Waals surface area contributed by atoms with Crippen LogP contribution in [0.25, 0.3) is 0 Å². The number of nitrogens with two attached hydrogens (primary N) is 2. The second kappa shape index (κ2) is 4.93. The molecule has 16 heavy (non-hydrogen) atoms. The number of carbonyl (C=O) groups is 2. The maximum absolute atomic E-state index is 11.9. The average molecular weight is 228 g/mol. The molecule has 0 aromatic heterocycles. The van der Waals surface area contributed by atoms with Crippen LogP contribution in [0, 0.1) is 5.92 Å². The summed E-state index contributed by atoms with van der Waals surface area (Å²) in [7, 11) is 0. The number of esters is 1. The first-order valence-electron chi connectivity index (χ1n) is 5.69. The molecular formula is C11H20N2O3. The zero-order valence-corrected chi connectivity index (χ0v) is 9.86. The summed E-state index contributed by atoms with van der Waals surface area (Å²) in [5.41, 5.74) is 10.4. The normalized spacial score (nSPS) is 31.1. The van der Waals surface area contributed by atoms with Gasteiger partial charge < -0.3 is 16.2 Å². The molecule has 1 aliphatic rings. The van der Waals surface area contributed by atoms with E-state index in [1.807, 2.05) is 0 Å². The van der Waals surface area contributed by atoms with Crippen LogP contribution in [0.15, 0.2) is 0 Å². The van der Waals surface area contributed by atoms with Crippen LogP contribution < -0.4 is 11.5 Å². The molecule has 0 amide bonds. The Balaban J connectivity index is 2.85. The molecule has 5 heteroatoms. The number of Topliss-reactive ketones (excluding diaryl/α,β-unsaturated/α-hetero) is 1. The Kier molecular flexibility index (Phi) is 4.04. The van der Waals surface area contributed by atoms with Gasteiger partial charge in [0.2, 0.25) is 0 Å². The zero-order chi connectivity index (χ0) is 12.3. The summed E-state index contributed by atoms with van der Waals surface area (Å²) in [5, 5.41) is 0. The van der Waals surface area contributed by atoms with E-state index in [0.717, 1.165) is 6.42 Å². The van der Waals surface area contributed by atoms with Crippen LogP contribution in [0.1, 0.15) is 33.1 Å². The third-order valence-electron chi connectivity index (χ3n) is 3.15. The minimum absolute atomic E-state index is 0.145. The molecule has 92 valence electrons. The van der Waals surface area contributed by atoms with E-state index in [1.54, 1.807) is 13.8 Å². The molecule has 3 atom stereocenters. The Morgan fingerprint density at radius 2 is 2.19 bits per heavy atom. The number of rotatable bonds is 4. The number of hydrogen-bond donors (Lipinski definition) is 2. The Morgan fingerprint density at radius 3 is 2.69 bits per heavy atom. The monoisotopic (exact) mass is 228 g/mol. The van der Waals surface area contributed by atoms with Crippen molar-refractivity contribution in [3.63, 3.8) is 0 Å². The van der Waals surface area contributed by atoms with Gasteiger partial charge in [-0.1, -0.05) is 6.42 Å². The highest BCUT2D eigenvalue weighted by Crippen LogP contribution is 2.35. The van der Waals surface area contributed by atoms with Crippen molar-refractivity contribution in [3.05, 3.63) is 0 Å². The summed E-state index contributed by atoms with van der Waals surface area (Å²) < 4.78 is 4.93. The summed E-state index contributed by atoms with van der Waals surface area (Å²) >= 11 is 0. The molecule has 0 bridgehead atoms. The number of ether oxygens (including phenoxy) is 1. The summed E-state index contributed by atoms with van der Waals surface area (Å²) in [6.07, 6.45) is 1.88. The minimum atomic E-state index is -1.17. The lowest BCUT2D eigenvalue weighted by Crippen LogP contribution is -2.56. The second-order valence-corrected chi connectivity index (χ2v) is 4.40. The van der Waals surface area contributed by atoms with E-state index in [1.165, 1.54) is 0 Å². The van der Waals surface area contributed by atoms with Crippen LogP contribution in [0.5, 0.6) is 0 Å². The van der Waals surface area contributed by atoms with Crippen LogP contribution in [-0.2, 0) is 14.3 Å². The van der Waals surface area contributed by atoms with E-state index in [4.69, 9.17) is 16.2 Å². The fourth-order valence-corrected chi connectivity index (χ4v) is 2.25. The van der Waals surface area contributed by atoms with E-state index < -0.39 is 23.5 Å². The lowest BCUT2D eigenvalue weighted by atomic mass is 9.83. The highest BCUT2D eigenvalue weighted by atomic mass is 16.5. The molecule has 0 radical (unpaired) electrons. The van der Waals surface area contributed by atoms with Crippen molar-refractivity contribution in [2.24, 2.45) is 17.4 Å². The molecule has 5 nitrogen and oxygen atoms in total. The van der Waals surface area contributed by atoms with E-state index in [-0.39, 0.29) is 12.4 Å². The summed E-state index contributed by atoms with van der Waals surface area (Å²) in [6, 6.07) is -0.583. The quantitative estimate of drug-likeness (QED) is 0.658. The van der Waals surface area contributed by atoms with E-state index >= 15 is 0 Å². The third kappa shape index (κ3) is 2.25. The van der Waals surface area contributed by atoms with Crippen molar-refractivity contribution in [2.45, 2.75) is 44.7 Å². The van der Waals surface area contributed by atoms with Crippen molar-refractivity contribution < 1.29 is 14.3 Å². The van der Waals surface area contributed by atoms with Crippen molar-refractivity contribution >= 4 is 11.8 Å². The molecule has 2 unspecified atom stereocenters. The molecule has 0 aromatic rings. The molecule has 1 fully saturated rings. The summed E-state index contributed by atoms with van der Waals surface area (Å²) in [6.45, 7) is 3.61.